The van der Waals surface area contributed by atoms with Gasteiger partial charge in [-0.3, -0.25) is 9.69 Å². The van der Waals surface area contributed by atoms with Gasteiger partial charge >= 0.3 is 0 Å². The largest absolute Gasteiger partial charge is 0.493 e. The van der Waals surface area contributed by atoms with Crippen LogP contribution in [0.2, 0.25) is 0 Å². The van der Waals surface area contributed by atoms with Crippen molar-refractivity contribution >= 4 is 17.4 Å². The lowest BCUT2D eigenvalue weighted by Crippen LogP contribution is -2.31. The molecule has 10 nitrogen and oxygen atoms in total. The Morgan fingerprint density at radius 3 is 2.21 bits per heavy atom. The fraction of sp³-hybridized carbons (Fsp3) is 0.379. The first-order chi connectivity index (χ1) is 19.0. The Labute approximate surface area is 229 Å². The molecule has 2 aromatic carbocycles. The van der Waals surface area contributed by atoms with Crippen LogP contribution in [0.4, 0.5) is 11.5 Å². The number of nitrogens with one attached hydrogen (secondary N) is 1. The third-order valence-electron chi connectivity index (χ3n) is 6.74. The summed E-state index contributed by atoms with van der Waals surface area (Å²) in [5.41, 5.74) is 2.14. The monoisotopic (exact) mass is 536 g/mol. The Kier molecular flexibility index (Phi) is 9.32. The molecule has 1 aliphatic rings. The van der Waals surface area contributed by atoms with E-state index in [-0.39, 0.29) is 5.91 Å². The number of hydrogen-bond donors (Lipinski definition) is 1. The number of benzene rings is 2. The maximum Gasteiger partial charge on any atom is 0.255 e. The molecule has 3 aromatic rings. The van der Waals surface area contributed by atoms with Crippen molar-refractivity contribution < 1.29 is 28.5 Å². The number of nitrogens with zero attached hydrogens (tertiary/aromatic N) is 3. The van der Waals surface area contributed by atoms with Crippen LogP contribution >= 0.6 is 0 Å². The fourth-order valence-corrected chi connectivity index (χ4v) is 4.71. The second-order valence-corrected chi connectivity index (χ2v) is 9.04. The molecule has 0 atom stereocenters. The predicted octanol–water partition coefficient (Wildman–Crippen LogP) is 4.09. The summed E-state index contributed by atoms with van der Waals surface area (Å²) in [5.74, 6) is 3.65. The minimum Gasteiger partial charge on any atom is -0.493 e. The molecular weight excluding hydrogens is 500 g/mol. The summed E-state index contributed by atoms with van der Waals surface area (Å²) >= 11 is 0. The standard InChI is InChI=1S/C29H36N4O6/c1-35-23-10-7-20(17-25(23)37-3)29(34)31-22-9-12-26(30-18-22)33-14-6-13-32(15-16-33)19-21-8-11-24(36-2)28(39-5)27(21)38-4/h7-12,17-18H,6,13-16,19H2,1-5H3,(H,31,34). The first-order valence-electron chi connectivity index (χ1n) is 12.8. The van der Waals surface area contributed by atoms with E-state index in [1.165, 1.54) is 7.11 Å². The van der Waals surface area contributed by atoms with Crippen LogP contribution in [-0.2, 0) is 6.54 Å². The number of anilines is 2. The predicted molar refractivity (Wildman–Crippen MR) is 150 cm³/mol. The lowest BCUT2D eigenvalue weighted by molar-refractivity contribution is 0.102. The van der Waals surface area contributed by atoms with E-state index < -0.39 is 0 Å². The molecule has 4 rings (SSSR count). The third kappa shape index (κ3) is 6.46. The van der Waals surface area contributed by atoms with Crippen LogP contribution in [0.25, 0.3) is 0 Å². The molecule has 39 heavy (non-hydrogen) atoms. The minimum absolute atomic E-state index is 0.249. The Hall–Kier alpha value is -4.18. The molecular formula is C29H36N4O6. The average Bonchev–Trinajstić information content (AvgIpc) is 3.22. The summed E-state index contributed by atoms with van der Waals surface area (Å²) in [6.45, 7) is 4.29. The van der Waals surface area contributed by atoms with E-state index in [9.17, 15) is 4.79 Å². The van der Waals surface area contributed by atoms with E-state index in [2.05, 4.69) is 20.1 Å². The summed E-state index contributed by atoms with van der Waals surface area (Å²) in [4.78, 5) is 22.0. The van der Waals surface area contributed by atoms with E-state index >= 15 is 0 Å². The number of aromatic nitrogens is 1. The SMILES string of the molecule is COc1ccc(C(=O)Nc2ccc(N3CCCN(Cc4ccc(OC)c(OC)c4OC)CC3)nc2)cc1OC. The zero-order valence-electron chi connectivity index (χ0n) is 23.2. The van der Waals surface area contributed by atoms with Crippen molar-refractivity contribution in [1.29, 1.82) is 0 Å². The van der Waals surface area contributed by atoms with Crippen molar-refractivity contribution in [1.82, 2.24) is 9.88 Å². The van der Waals surface area contributed by atoms with Crippen LogP contribution in [0.1, 0.15) is 22.3 Å². The first-order valence-corrected chi connectivity index (χ1v) is 12.8. The van der Waals surface area contributed by atoms with Crippen LogP contribution < -0.4 is 33.9 Å². The van der Waals surface area contributed by atoms with Crippen molar-refractivity contribution in [3.8, 4) is 28.7 Å². The van der Waals surface area contributed by atoms with Gasteiger partial charge in [-0.2, -0.15) is 0 Å². The van der Waals surface area contributed by atoms with Gasteiger partial charge in [-0.15, -0.1) is 0 Å². The molecule has 1 fully saturated rings. The van der Waals surface area contributed by atoms with Gasteiger partial charge in [-0.1, -0.05) is 6.07 Å². The van der Waals surface area contributed by atoms with Gasteiger partial charge in [0.05, 0.1) is 47.4 Å². The van der Waals surface area contributed by atoms with Crippen molar-refractivity contribution in [2.75, 3.05) is 71.9 Å². The van der Waals surface area contributed by atoms with E-state index in [4.69, 9.17) is 23.7 Å². The zero-order valence-corrected chi connectivity index (χ0v) is 23.2. The molecule has 0 aliphatic carbocycles. The highest BCUT2D eigenvalue weighted by atomic mass is 16.5. The normalized spacial score (nSPS) is 13.8. The second kappa shape index (κ2) is 13.1. The summed E-state index contributed by atoms with van der Waals surface area (Å²) in [5, 5.41) is 2.90. The number of methoxy groups -OCH3 is 5. The number of hydrogen-bond acceptors (Lipinski definition) is 9. The van der Waals surface area contributed by atoms with E-state index in [1.807, 2.05) is 24.3 Å². The highest BCUT2D eigenvalue weighted by molar-refractivity contribution is 6.04. The van der Waals surface area contributed by atoms with Crippen LogP contribution in [-0.4, -0.2) is 77.5 Å². The summed E-state index contributed by atoms with van der Waals surface area (Å²) in [6.07, 6.45) is 2.68. The molecule has 0 unspecified atom stereocenters. The van der Waals surface area contributed by atoms with Gasteiger partial charge in [0.25, 0.3) is 5.91 Å². The fourth-order valence-electron chi connectivity index (χ4n) is 4.71. The average molecular weight is 537 g/mol. The van der Waals surface area contributed by atoms with Crippen molar-refractivity contribution in [3.63, 3.8) is 0 Å². The second-order valence-electron chi connectivity index (χ2n) is 9.04. The van der Waals surface area contributed by atoms with Crippen molar-refractivity contribution in [2.24, 2.45) is 0 Å². The summed E-state index contributed by atoms with van der Waals surface area (Å²) < 4.78 is 27.2. The van der Waals surface area contributed by atoms with Gasteiger partial charge in [0.2, 0.25) is 5.75 Å². The Balaban J connectivity index is 1.37. The lowest BCUT2D eigenvalue weighted by Gasteiger charge is -2.24. The first kappa shape index (κ1) is 27.8. The van der Waals surface area contributed by atoms with Crippen molar-refractivity contribution in [3.05, 3.63) is 59.8 Å². The van der Waals surface area contributed by atoms with E-state index in [0.717, 1.165) is 50.5 Å². The van der Waals surface area contributed by atoms with Crippen LogP contribution in [0.3, 0.4) is 0 Å². The highest BCUT2D eigenvalue weighted by Crippen LogP contribution is 2.40. The molecule has 1 N–H and O–H groups in total. The number of carbonyl (C=O) groups is 1. The number of carbonyl (C=O) groups excluding carboxylic acids is 1. The number of pyridine rings is 1. The quantitative estimate of drug-likeness (QED) is 0.411. The number of rotatable bonds is 10. The molecule has 1 saturated heterocycles. The topological polar surface area (TPSA) is 94.6 Å². The third-order valence-corrected chi connectivity index (χ3v) is 6.74. The summed E-state index contributed by atoms with van der Waals surface area (Å²) in [7, 11) is 7.98. The van der Waals surface area contributed by atoms with Gasteiger partial charge in [0, 0.05) is 43.9 Å². The Morgan fingerprint density at radius 1 is 0.795 bits per heavy atom. The molecule has 1 amide bonds. The molecule has 0 bridgehead atoms. The van der Waals surface area contributed by atoms with Gasteiger partial charge in [-0.05, 0) is 42.8 Å². The maximum atomic E-state index is 12.7. The lowest BCUT2D eigenvalue weighted by atomic mass is 10.1. The zero-order chi connectivity index (χ0) is 27.8. The summed E-state index contributed by atoms with van der Waals surface area (Å²) in [6, 6.07) is 12.8. The molecule has 0 saturated carbocycles. The maximum absolute atomic E-state index is 12.7. The Morgan fingerprint density at radius 2 is 1.54 bits per heavy atom. The molecule has 208 valence electrons. The molecule has 2 heterocycles. The smallest absolute Gasteiger partial charge is 0.255 e. The van der Waals surface area contributed by atoms with E-state index in [0.29, 0.717) is 40.0 Å². The van der Waals surface area contributed by atoms with Crippen molar-refractivity contribution in [2.45, 2.75) is 13.0 Å². The Bertz CT molecular complexity index is 1270. The number of amides is 1. The van der Waals surface area contributed by atoms with Gasteiger partial charge < -0.3 is 33.9 Å². The van der Waals surface area contributed by atoms with Gasteiger partial charge in [-0.25, -0.2) is 4.98 Å². The van der Waals surface area contributed by atoms with Crippen LogP contribution in [0.15, 0.2) is 48.7 Å². The highest BCUT2D eigenvalue weighted by Gasteiger charge is 2.21. The van der Waals surface area contributed by atoms with E-state index in [1.54, 1.807) is 52.8 Å². The molecule has 0 radical (unpaired) electrons. The minimum atomic E-state index is -0.249. The molecule has 1 aromatic heterocycles. The van der Waals surface area contributed by atoms with Gasteiger partial charge in [0.15, 0.2) is 23.0 Å². The molecule has 1 aliphatic heterocycles. The van der Waals surface area contributed by atoms with Gasteiger partial charge in [0.1, 0.15) is 5.82 Å². The molecule has 0 spiro atoms. The number of ether oxygens (including phenoxy) is 5. The van der Waals surface area contributed by atoms with Crippen LogP contribution in [0, 0.1) is 0 Å². The molecule has 10 heteroatoms. The van der Waals surface area contributed by atoms with Crippen LogP contribution in [0.5, 0.6) is 28.7 Å².